The normalized spacial score (nSPS) is 10.9. The first-order valence-corrected chi connectivity index (χ1v) is 6.40. The molecular formula is C11H16N4OS. The van der Waals surface area contributed by atoms with E-state index >= 15 is 0 Å². The molecule has 2 aromatic rings. The van der Waals surface area contributed by atoms with Gasteiger partial charge in [0.2, 0.25) is 5.95 Å². The van der Waals surface area contributed by atoms with E-state index in [1.807, 2.05) is 30.3 Å². The third-order valence-electron chi connectivity index (χ3n) is 2.46. The molecule has 0 atom stereocenters. The molecule has 2 rings (SSSR count). The lowest BCUT2D eigenvalue weighted by Crippen LogP contribution is -2.24. The van der Waals surface area contributed by atoms with Crippen molar-refractivity contribution < 1.29 is 4.74 Å². The molecule has 0 amide bonds. The number of aromatic nitrogens is 2. The summed E-state index contributed by atoms with van der Waals surface area (Å²) in [4.78, 5) is 11.5. The minimum Gasteiger partial charge on any atom is -0.380 e. The molecule has 5 nitrogen and oxygen atoms in total. The zero-order chi connectivity index (χ0) is 12.3. The van der Waals surface area contributed by atoms with E-state index in [1.54, 1.807) is 11.3 Å². The molecule has 0 saturated carbocycles. The highest BCUT2D eigenvalue weighted by atomic mass is 32.1. The fraction of sp³-hybridized carbons (Fsp3) is 0.455. The van der Waals surface area contributed by atoms with Crippen molar-refractivity contribution in [2.45, 2.75) is 6.92 Å². The van der Waals surface area contributed by atoms with Gasteiger partial charge >= 0.3 is 0 Å². The minimum atomic E-state index is 0.318. The fourth-order valence-electron chi connectivity index (χ4n) is 1.60. The maximum Gasteiger partial charge on any atom is 0.223 e. The number of nitrogens with zero attached hydrogens (tertiary/aromatic N) is 3. The number of rotatable bonds is 5. The Morgan fingerprint density at radius 3 is 3.06 bits per heavy atom. The molecule has 0 radical (unpaired) electrons. The van der Waals surface area contributed by atoms with E-state index in [-0.39, 0.29) is 0 Å². The number of hydrogen-bond acceptors (Lipinski definition) is 6. The molecule has 2 heterocycles. The van der Waals surface area contributed by atoms with Gasteiger partial charge in [-0.1, -0.05) is 0 Å². The van der Waals surface area contributed by atoms with Crippen LogP contribution in [0.3, 0.4) is 0 Å². The standard InChI is InChI=1S/C11H16N4OS/c1-3-16-6-5-15(2)9-8-4-7-17-10(8)14-11(12)13-9/h4,7H,3,5-6H2,1-2H3,(H2,12,13,14). The van der Waals surface area contributed by atoms with E-state index in [2.05, 4.69) is 9.97 Å². The second kappa shape index (κ2) is 5.29. The third-order valence-corrected chi connectivity index (χ3v) is 3.27. The van der Waals surface area contributed by atoms with Crippen LogP contribution in [0.25, 0.3) is 10.2 Å². The van der Waals surface area contributed by atoms with Crippen LogP contribution in [0.2, 0.25) is 0 Å². The number of anilines is 2. The van der Waals surface area contributed by atoms with Crippen LogP contribution in [0.1, 0.15) is 6.92 Å². The maximum absolute atomic E-state index is 5.70. The monoisotopic (exact) mass is 252 g/mol. The molecule has 2 aromatic heterocycles. The van der Waals surface area contributed by atoms with Gasteiger partial charge in [-0.2, -0.15) is 4.98 Å². The van der Waals surface area contributed by atoms with Crippen molar-refractivity contribution in [1.82, 2.24) is 9.97 Å². The van der Waals surface area contributed by atoms with E-state index in [0.29, 0.717) is 12.6 Å². The van der Waals surface area contributed by atoms with Crippen LogP contribution in [0.15, 0.2) is 11.4 Å². The molecule has 6 heteroatoms. The number of nitrogen functional groups attached to an aromatic ring is 1. The summed E-state index contributed by atoms with van der Waals surface area (Å²) in [6, 6.07) is 2.02. The summed E-state index contributed by atoms with van der Waals surface area (Å²) in [5.41, 5.74) is 5.70. The first-order valence-electron chi connectivity index (χ1n) is 5.52. The van der Waals surface area contributed by atoms with Crippen LogP contribution in [0.5, 0.6) is 0 Å². The van der Waals surface area contributed by atoms with Crippen LogP contribution >= 0.6 is 11.3 Å². The van der Waals surface area contributed by atoms with Crippen molar-refractivity contribution in [2.24, 2.45) is 0 Å². The Morgan fingerprint density at radius 2 is 2.29 bits per heavy atom. The largest absolute Gasteiger partial charge is 0.380 e. The summed E-state index contributed by atoms with van der Waals surface area (Å²) in [5, 5.41) is 3.04. The van der Waals surface area contributed by atoms with Crippen molar-refractivity contribution in [3.05, 3.63) is 11.4 Å². The Bertz CT molecular complexity index is 499. The van der Waals surface area contributed by atoms with Gasteiger partial charge < -0.3 is 15.4 Å². The first kappa shape index (κ1) is 12.1. The number of nitrogens with two attached hydrogens (primary N) is 1. The zero-order valence-electron chi connectivity index (χ0n) is 10.0. The second-order valence-electron chi connectivity index (χ2n) is 3.66. The van der Waals surface area contributed by atoms with Crippen molar-refractivity contribution in [3.8, 4) is 0 Å². The number of thiophene rings is 1. The van der Waals surface area contributed by atoms with E-state index in [1.165, 1.54) is 0 Å². The Labute approximate surface area is 104 Å². The molecule has 0 aliphatic carbocycles. The summed E-state index contributed by atoms with van der Waals surface area (Å²) < 4.78 is 5.34. The quantitative estimate of drug-likeness (QED) is 0.821. The predicted octanol–water partition coefficient (Wildman–Crippen LogP) is 1.75. The van der Waals surface area contributed by atoms with Gasteiger partial charge in [0.1, 0.15) is 10.6 Å². The van der Waals surface area contributed by atoms with Crippen molar-refractivity contribution >= 4 is 33.3 Å². The van der Waals surface area contributed by atoms with Gasteiger partial charge in [0, 0.05) is 20.2 Å². The molecule has 0 aromatic carbocycles. The van der Waals surface area contributed by atoms with Crippen LogP contribution < -0.4 is 10.6 Å². The van der Waals surface area contributed by atoms with Gasteiger partial charge in [-0.15, -0.1) is 11.3 Å². The lowest BCUT2D eigenvalue weighted by molar-refractivity contribution is 0.154. The minimum absolute atomic E-state index is 0.318. The van der Waals surface area contributed by atoms with Gasteiger partial charge in [-0.3, -0.25) is 0 Å². The highest BCUT2D eigenvalue weighted by molar-refractivity contribution is 7.16. The molecule has 0 unspecified atom stereocenters. The summed E-state index contributed by atoms with van der Waals surface area (Å²) in [7, 11) is 1.98. The molecule has 2 N–H and O–H groups in total. The fourth-order valence-corrected chi connectivity index (χ4v) is 2.36. The smallest absolute Gasteiger partial charge is 0.223 e. The second-order valence-corrected chi connectivity index (χ2v) is 4.56. The average molecular weight is 252 g/mol. The molecule has 17 heavy (non-hydrogen) atoms. The van der Waals surface area contributed by atoms with E-state index < -0.39 is 0 Å². The SMILES string of the molecule is CCOCCN(C)c1nc(N)nc2sccc12. The lowest BCUT2D eigenvalue weighted by atomic mass is 10.3. The van der Waals surface area contributed by atoms with Crippen molar-refractivity contribution in [1.29, 1.82) is 0 Å². The van der Waals surface area contributed by atoms with Gasteiger partial charge in [0.15, 0.2) is 0 Å². The van der Waals surface area contributed by atoms with Gasteiger partial charge in [-0.05, 0) is 18.4 Å². The maximum atomic E-state index is 5.70. The van der Waals surface area contributed by atoms with E-state index in [9.17, 15) is 0 Å². The Hall–Kier alpha value is -1.40. The summed E-state index contributed by atoms with van der Waals surface area (Å²) in [6.07, 6.45) is 0. The highest BCUT2D eigenvalue weighted by Gasteiger charge is 2.11. The van der Waals surface area contributed by atoms with Crippen LogP contribution in [0.4, 0.5) is 11.8 Å². The van der Waals surface area contributed by atoms with Crippen LogP contribution in [0, 0.1) is 0 Å². The van der Waals surface area contributed by atoms with Crippen LogP contribution in [-0.4, -0.2) is 36.8 Å². The number of likely N-dealkylation sites (N-methyl/N-ethyl adjacent to an activating group) is 1. The topological polar surface area (TPSA) is 64.3 Å². The molecular weight excluding hydrogens is 236 g/mol. The van der Waals surface area contributed by atoms with Gasteiger partial charge in [-0.25, -0.2) is 4.98 Å². The van der Waals surface area contributed by atoms with Crippen molar-refractivity contribution in [3.63, 3.8) is 0 Å². The zero-order valence-corrected chi connectivity index (χ0v) is 10.8. The summed E-state index contributed by atoms with van der Waals surface area (Å²) in [6.45, 7) is 4.19. The first-order chi connectivity index (χ1) is 8.22. The third kappa shape index (κ3) is 2.65. The number of fused-ring (bicyclic) bond motifs is 1. The van der Waals surface area contributed by atoms with Crippen LogP contribution in [-0.2, 0) is 4.74 Å². The van der Waals surface area contributed by atoms with E-state index in [0.717, 1.165) is 29.2 Å². The van der Waals surface area contributed by atoms with Gasteiger partial charge in [0.05, 0.1) is 12.0 Å². The summed E-state index contributed by atoms with van der Waals surface area (Å²) in [5.74, 6) is 1.19. The number of ether oxygens (including phenoxy) is 1. The highest BCUT2D eigenvalue weighted by Crippen LogP contribution is 2.27. The summed E-state index contributed by atoms with van der Waals surface area (Å²) >= 11 is 1.57. The van der Waals surface area contributed by atoms with Gasteiger partial charge in [0.25, 0.3) is 0 Å². The molecule has 0 aliphatic rings. The van der Waals surface area contributed by atoms with E-state index in [4.69, 9.17) is 10.5 Å². The van der Waals surface area contributed by atoms with Crippen molar-refractivity contribution in [2.75, 3.05) is 37.4 Å². The molecule has 0 spiro atoms. The Kier molecular flexibility index (Phi) is 3.75. The number of hydrogen-bond donors (Lipinski definition) is 1. The average Bonchev–Trinajstić information content (AvgIpc) is 2.75. The molecule has 0 saturated heterocycles. The molecule has 0 fully saturated rings. The lowest BCUT2D eigenvalue weighted by Gasteiger charge is -2.18. The Morgan fingerprint density at radius 1 is 1.47 bits per heavy atom. The molecule has 92 valence electrons. The predicted molar refractivity (Wildman–Crippen MR) is 71.6 cm³/mol. The Balaban J connectivity index is 2.24. The molecule has 0 bridgehead atoms. The molecule has 0 aliphatic heterocycles.